The minimum Gasteiger partial charge on any atom is -0.439 e. The van der Waals surface area contributed by atoms with Gasteiger partial charge in [-0.25, -0.2) is 4.98 Å². The third-order valence-corrected chi connectivity index (χ3v) is 4.09. The fourth-order valence-electron chi connectivity index (χ4n) is 2.54. The predicted molar refractivity (Wildman–Crippen MR) is 96.7 cm³/mol. The van der Waals surface area contributed by atoms with Gasteiger partial charge in [0.2, 0.25) is 5.88 Å². The summed E-state index contributed by atoms with van der Waals surface area (Å²) >= 11 is 0. The Labute approximate surface area is 146 Å². The molecular formula is C21H18N2O2. The third kappa shape index (κ3) is 3.86. The number of hydrogen-bond donors (Lipinski definition) is 1. The van der Waals surface area contributed by atoms with Crippen molar-refractivity contribution in [3.63, 3.8) is 0 Å². The molecule has 1 heterocycles. The Morgan fingerprint density at radius 1 is 0.920 bits per heavy atom. The van der Waals surface area contributed by atoms with Gasteiger partial charge in [-0.3, -0.25) is 4.79 Å². The van der Waals surface area contributed by atoms with E-state index in [1.165, 1.54) is 5.56 Å². The standard InChI is InChI=1S/C21H18N2O2/c24-21(23-18-9-10-18)17-8-13-20(22-14-17)25-19-11-6-16(7-12-19)15-4-2-1-3-5-15/h1-8,11-14,18H,9-10H2,(H,23,24). The third-order valence-electron chi connectivity index (χ3n) is 4.09. The Morgan fingerprint density at radius 2 is 1.64 bits per heavy atom. The van der Waals surface area contributed by atoms with Crippen molar-refractivity contribution in [2.75, 3.05) is 0 Å². The number of ether oxygens (including phenoxy) is 1. The number of aromatic nitrogens is 1. The normalized spacial score (nSPS) is 13.3. The van der Waals surface area contributed by atoms with Gasteiger partial charge in [-0.1, -0.05) is 42.5 Å². The molecule has 4 nitrogen and oxygen atoms in total. The van der Waals surface area contributed by atoms with Gasteiger partial charge in [0.05, 0.1) is 5.56 Å². The number of nitrogens with zero attached hydrogens (tertiary/aromatic N) is 1. The fraction of sp³-hybridized carbons (Fsp3) is 0.143. The van der Waals surface area contributed by atoms with Crippen LogP contribution in [-0.2, 0) is 0 Å². The first-order chi connectivity index (χ1) is 12.3. The molecule has 4 rings (SSSR count). The van der Waals surface area contributed by atoms with E-state index in [0.717, 1.165) is 18.4 Å². The molecule has 1 amide bonds. The number of nitrogens with one attached hydrogen (secondary N) is 1. The molecular weight excluding hydrogens is 312 g/mol. The summed E-state index contributed by atoms with van der Waals surface area (Å²) in [5.74, 6) is 1.10. The van der Waals surface area contributed by atoms with E-state index < -0.39 is 0 Å². The quantitative estimate of drug-likeness (QED) is 0.753. The zero-order valence-corrected chi connectivity index (χ0v) is 13.7. The number of carbonyl (C=O) groups is 1. The molecule has 1 aromatic heterocycles. The van der Waals surface area contributed by atoms with Crippen LogP contribution in [0, 0.1) is 0 Å². The lowest BCUT2D eigenvalue weighted by molar-refractivity contribution is 0.0950. The molecule has 1 N–H and O–H groups in total. The van der Waals surface area contributed by atoms with Crippen molar-refractivity contribution in [1.82, 2.24) is 10.3 Å². The number of hydrogen-bond acceptors (Lipinski definition) is 3. The van der Waals surface area contributed by atoms with Crippen molar-refractivity contribution in [1.29, 1.82) is 0 Å². The van der Waals surface area contributed by atoms with Crippen molar-refractivity contribution < 1.29 is 9.53 Å². The summed E-state index contributed by atoms with van der Waals surface area (Å²) < 4.78 is 5.75. The highest BCUT2D eigenvalue weighted by Gasteiger charge is 2.23. The van der Waals surface area contributed by atoms with E-state index in [1.807, 2.05) is 42.5 Å². The second-order valence-electron chi connectivity index (χ2n) is 6.13. The van der Waals surface area contributed by atoms with Crippen LogP contribution < -0.4 is 10.1 Å². The van der Waals surface area contributed by atoms with E-state index in [-0.39, 0.29) is 5.91 Å². The van der Waals surface area contributed by atoms with E-state index in [4.69, 9.17) is 4.74 Å². The van der Waals surface area contributed by atoms with Crippen molar-refractivity contribution in [2.24, 2.45) is 0 Å². The highest BCUT2D eigenvalue weighted by Crippen LogP contribution is 2.25. The summed E-state index contributed by atoms with van der Waals surface area (Å²) in [5, 5.41) is 2.94. The first kappa shape index (κ1) is 15.4. The highest BCUT2D eigenvalue weighted by atomic mass is 16.5. The molecule has 0 saturated heterocycles. The summed E-state index contributed by atoms with van der Waals surface area (Å²) in [6.07, 6.45) is 3.68. The first-order valence-corrected chi connectivity index (χ1v) is 8.38. The molecule has 25 heavy (non-hydrogen) atoms. The second kappa shape index (κ2) is 6.77. The van der Waals surface area contributed by atoms with Crippen LogP contribution in [0.1, 0.15) is 23.2 Å². The average molecular weight is 330 g/mol. The molecule has 0 unspecified atom stereocenters. The number of benzene rings is 2. The van der Waals surface area contributed by atoms with Gasteiger partial charge in [0.25, 0.3) is 5.91 Å². The molecule has 1 aliphatic rings. The zero-order chi connectivity index (χ0) is 17.1. The Balaban J connectivity index is 1.42. The Hall–Kier alpha value is -3.14. The van der Waals surface area contributed by atoms with Gasteiger partial charge in [-0.05, 0) is 42.2 Å². The molecule has 0 radical (unpaired) electrons. The van der Waals surface area contributed by atoms with Gasteiger partial charge in [-0.15, -0.1) is 0 Å². The molecule has 0 spiro atoms. The van der Waals surface area contributed by atoms with Crippen LogP contribution >= 0.6 is 0 Å². The highest BCUT2D eigenvalue weighted by molar-refractivity contribution is 5.94. The van der Waals surface area contributed by atoms with Gasteiger partial charge in [0, 0.05) is 18.3 Å². The fourth-order valence-corrected chi connectivity index (χ4v) is 2.54. The van der Waals surface area contributed by atoms with Crippen molar-refractivity contribution >= 4 is 5.91 Å². The summed E-state index contributed by atoms with van der Waals surface area (Å²) in [6.45, 7) is 0. The molecule has 1 fully saturated rings. The Bertz CT molecular complexity index is 855. The molecule has 124 valence electrons. The van der Waals surface area contributed by atoms with E-state index in [9.17, 15) is 4.79 Å². The largest absolute Gasteiger partial charge is 0.439 e. The first-order valence-electron chi connectivity index (χ1n) is 8.38. The van der Waals surface area contributed by atoms with Crippen molar-refractivity contribution in [3.05, 3.63) is 78.5 Å². The van der Waals surface area contributed by atoms with Crippen LogP contribution in [0.15, 0.2) is 72.9 Å². The van der Waals surface area contributed by atoms with Gasteiger partial charge >= 0.3 is 0 Å². The zero-order valence-electron chi connectivity index (χ0n) is 13.7. The lowest BCUT2D eigenvalue weighted by atomic mass is 10.1. The number of pyridine rings is 1. The molecule has 1 aliphatic carbocycles. The van der Waals surface area contributed by atoms with E-state index >= 15 is 0 Å². The smallest absolute Gasteiger partial charge is 0.253 e. The van der Waals surface area contributed by atoms with Crippen LogP contribution in [-0.4, -0.2) is 16.9 Å². The van der Waals surface area contributed by atoms with E-state index in [0.29, 0.717) is 23.2 Å². The molecule has 0 bridgehead atoms. The molecule has 2 aromatic carbocycles. The van der Waals surface area contributed by atoms with Gasteiger partial charge in [0.15, 0.2) is 0 Å². The van der Waals surface area contributed by atoms with Crippen molar-refractivity contribution in [2.45, 2.75) is 18.9 Å². The summed E-state index contributed by atoms with van der Waals surface area (Å²) in [7, 11) is 0. The van der Waals surface area contributed by atoms with Crippen LogP contribution in [0.4, 0.5) is 0 Å². The van der Waals surface area contributed by atoms with Crippen LogP contribution in [0.25, 0.3) is 11.1 Å². The van der Waals surface area contributed by atoms with Crippen LogP contribution in [0.3, 0.4) is 0 Å². The topological polar surface area (TPSA) is 51.2 Å². The lowest BCUT2D eigenvalue weighted by Gasteiger charge is -2.07. The molecule has 3 aromatic rings. The Morgan fingerprint density at radius 3 is 2.28 bits per heavy atom. The van der Waals surface area contributed by atoms with E-state index in [2.05, 4.69) is 22.4 Å². The number of rotatable bonds is 5. The second-order valence-corrected chi connectivity index (χ2v) is 6.13. The summed E-state index contributed by atoms with van der Waals surface area (Å²) in [5.41, 5.74) is 2.85. The van der Waals surface area contributed by atoms with Crippen LogP contribution in [0.5, 0.6) is 11.6 Å². The Kier molecular flexibility index (Phi) is 4.17. The summed E-state index contributed by atoms with van der Waals surface area (Å²) in [4.78, 5) is 16.2. The molecule has 0 aliphatic heterocycles. The maximum atomic E-state index is 11.9. The number of amides is 1. The maximum absolute atomic E-state index is 11.9. The molecule has 4 heteroatoms. The summed E-state index contributed by atoms with van der Waals surface area (Å²) in [6, 6.07) is 21.8. The molecule has 1 saturated carbocycles. The minimum atomic E-state index is -0.0752. The number of carbonyl (C=O) groups excluding carboxylic acids is 1. The maximum Gasteiger partial charge on any atom is 0.253 e. The minimum absolute atomic E-state index is 0.0752. The SMILES string of the molecule is O=C(NC1CC1)c1ccc(Oc2ccc(-c3ccccc3)cc2)nc1. The molecule has 0 atom stereocenters. The average Bonchev–Trinajstić information content (AvgIpc) is 3.48. The van der Waals surface area contributed by atoms with Crippen molar-refractivity contribution in [3.8, 4) is 22.8 Å². The van der Waals surface area contributed by atoms with Gasteiger partial charge in [0.1, 0.15) is 5.75 Å². The monoisotopic (exact) mass is 330 g/mol. The van der Waals surface area contributed by atoms with E-state index in [1.54, 1.807) is 18.3 Å². The van der Waals surface area contributed by atoms with Gasteiger partial charge in [-0.2, -0.15) is 0 Å². The lowest BCUT2D eigenvalue weighted by Crippen LogP contribution is -2.25. The predicted octanol–water partition coefficient (Wildman–Crippen LogP) is 4.43. The van der Waals surface area contributed by atoms with Crippen LogP contribution in [0.2, 0.25) is 0 Å². The van der Waals surface area contributed by atoms with Gasteiger partial charge < -0.3 is 10.1 Å².